The van der Waals surface area contributed by atoms with Crippen LogP contribution in [0.2, 0.25) is 5.15 Å². The van der Waals surface area contributed by atoms with Crippen LogP contribution in [-0.4, -0.2) is 10.8 Å². The summed E-state index contributed by atoms with van der Waals surface area (Å²) in [6.07, 6.45) is 1.37. The van der Waals surface area contributed by atoms with Crippen molar-refractivity contribution in [2.24, 2.45) is 0 Å². The number of aromatic nitrogens is 1. The first kappa shape index (κ1) is 10.8. The van der Waals surface area contributed by atoms with Crippen LogP contribution in [0, 0.1) is 5.82 Å². The van der Waals surface area contributed by atoms with Gasteiger partial charge in [-0.05, 0) is 24.3 Å². The maximum absolute atomic E-state index is 12.9. The summed E-state index contributed by atoms with van der Waals surface area (Å²) in [5.41, 5.74) is 0.680. The van der Waals surface area contributed by atoms with Crippen LogP contribution in [-0.2, 0) is 0 Å². The number of ketones is 1. The summed E-state index contributed by atoms with van der Waals surface area (Å²) >= 11 is 5.61. The number of nitrogens with zero attached hydrogens (tertiary/aromatic N) is 1. The summed E-state index contributed by atoms with van der Waals surface area (Å²) in [6.45, 7) is 0. The van der Waals surface area contributed by atoms with Gasteiger partial charge in [0.05, 0.1) is 0 Å². The Kier molecular flexibility index (Phi) is 2.97. The summed E-state index contributed by atoms with van der Waals surface area (Å²) in [7, 11) is 0. The predicted molar refractivity (Wildman–Crippen MR) is 59.1 cm³/mol. The Morgan fingerprint density at radius 2 is 2.00 bits per heavy atom. The van der Waals surface area contributed by atoms with E-state index in [4.69, 9.17) is 11.6 Å². The molecule has 0 bridgehead atoms. The van der Waals surface area contributed by atoms with E-state index >= 15 is 0 Å². The van der Waals surface area contributed by atoms with Crippen LogP contribution in [0.3, 0.4) is 0 Å². The number of hydrogen-bond donors (Lipinski definition) is 0. The average Bonchev–Trinajstić information content (AvgIpc) is 2.29. The molecular weight excluding hydrogens is 229 g/mol. The molecule has 0 fully saturated rings. The van der Waals surface area contributed by atoms with Crippen molar-refractivity contribution in [3.05, 3.63) is 64.7 Å². The van der Waals surface area contributed by atoms with E-state index < -0.39 is 5.82 Å². The van der Waals surface area contributed by atoms with Gasteiger partial charge in [-0.2, -0.15) is 0 Å². The van der Waals surface area contributed by atoms with Gasteiger partial charge in [-0.25, -0.2) is 9.37 Å². The molecule has 0 N–H and O–H groups in total. The molecule has 16 heavy (non-hydrogen) atoms. The largest absolute Gasteiger partial charge is 0.289 e. The first-order chi connectivity index (χ1) is 7.66. The Labute approximate surface area is 96.7 Å². The molecule has 2 rings (SSSR count). The van der Waals surface area contributed by atoms with E-state index in [-0.39, 0.29) is 5.78 Å². The summed E-state index contributed by atoms with van der Waals surface area (Å²) in [4.78, 5) is 15.7. The van der Waals surface area contributed by atoms with E-state index in [0.29, 0.717) is 16.3 Å². The van der Waals surface area contributed by atoms with Crippen LogP contribution in [0.5, 0.6) is 0 Å². The van der Waals surface area contributed by atoms with Crippen LogP contribution < -0.4 is 0 Å². The number of pyridine rings is 1. The molecule has 1 aromatic carbocycles. The molecule has 2 nitrogen and oxygen atoms in total. The van der Waals surface area contributed by atoms with Gasteiger partial charge in [-0.3, -0.25) is 4.79 Å². The molecule has 0 aliphatic heterocycles. The minimum Gasteiger partial charge on any atom is -0.289 e. The molecule has 0 amide bonds. The summed E-state index contributed by atoms with van der Waals surface area (Å²) in [5, 5.41) is 0.316. The van der Waals surface area contributed by atoms with Crippen LogP contribution >= 0.6 is 11.6 Å². The van der Waals surface area contributed by atoms with Crippen molar-refractivity contribution in [2.75, 3.05) is 0 Å². The maximum Gasteiger partial charge on any atom is 0.194 e. The Morgan fingerprint density at radius 3 is 2.62 bits per heavy atom. The first-order valence-electron chi connectivity index (χ1n) is 4.58. The van der Waals surface area contributed by atoms with E-state index in [1.54, 1.807) is 12.1 Å². The zero-order valence-corrected chi connectivity index (χ0v) is 8.91. The third-order valence-corrected chi connectivity index (χ3v) is 2.30. The topological polar surface area (TPSA) is 30.0 Å². The number of carbonyl (C=O) groups excluding carboxylic acids is 1. The highest BCUT2D eigenvalue weighted by atomic mass is 35.5. The third-order valence-electron chi connectivity index (χ3n) is 2.08. The van der Waals surface area contributed by atoms with Gasteiger partial charge >= 0.3 is 0 Å². The predicted octanol–water partition coefficient (Wildman–Crippen LogP) is 3.11. The molecule has 0 atom stereocenters. The normalized spacial score (nSPS) is 10.1. The smallest absolute Gasteiger partial charge is 0.194 e. The fraction of sp³-hybridized carbons (Fsp3) is 0. The van der Waals surface area contributed by atoms with Crippen LogP contribution in [0.1, 0.15) is 15.9 Å². The van der Waals surface area contributed by atoms with E-state index in [1.807, 2.05) is 0 Å². The van der Waals surface area contributed by atoms with Gasteiger partial charge in [0.1, 0.15) is 11.0 Å². The highest BCUT2D eigenvalue weighted by Crippen LogP contribution is 2.12. The minimum atomic E-state index is -0.437. The van der Waals surface area contributed by atoms with Crippen LogP contribution in [0.4, 0.5) is 4.39 Å². The monoisotopic (exact) mass is 235 g/mol. The summed E-state index contributed by atoms with van der Waals surface area (Å²) in [5.74, 6) is -0.712. The Bertz CT molecular complexity index is 525. The van der Waals surface area contributed by atoms with Crippen molar-refractivity contribution < 1.29 is 9.18 Å². The number of carbonyl (C=O) groups is 1. The Hall–Kier alpha value is -1.74. The molecule has 1 heterocycles. The van der Waals surface area contributed by atoms with Gasteiger partial charge in [-0.15, -0.1) is 0 Å². The molecule has 0 aliphatic carbocycles. The molecule has 0 saturated carbocycles. The van der Waals surface area contributed by atoms with Gasteiger partial charge in [0, 0.05) is 17.3 Å². The maximum atomic E-state index is 12.9. The fourth-order valence-electron chi connectivity index (χ4n) is 1.31. The molecule has 80 valence electrons. The average molecular weight is 236 g/mol. The van der Waals surface area contributed by atoms with E-state index in [1.165, 1.54) is 30.5 Å². The Balaban J connectivity index is 2.35. The van der Waals surface area contributed by atoms with E-state index in [9.17, 15) is 9.18 Å². The summed E-state index contributed by atoms with van der Waals surface area (Å²) in [6, 6.07) is 8.61. The molecular formula is C12H7ClFNO. The van der Waals surface area contributed by atoms with Crippen molar-refractivity contribution in [2.45, 2.75) is 0 Å². The molecule has 0 saturated heterocycles. The lowest BCUT2D eigenvalue weighted by Gasteiger charge is -2.00. The lowest BCUT2D eigenvalue weighted by Crippen LogP contribution is -2.01. The molecule has 0 radical (unpaired) electrons. The number of hydrogen-bond acceptors (Lipinski definition) is 2. The van der Waals surface area contributed by atoms with E-state index in [2.05, 4.69) is 4.98 Å². The van der Waals surface area contributed by atoms with Gasteiger partial charge < -0.3 is 0 Å². The van der Waals surface area contributed by atoms with Gasteiger partial charge in [0.15, 0.2) is 5.78 Å². The van der Waals surface area contributed by atoms with Crippen molar-refractivity contribution in [3.63, 3.8) is 0 Å². The second-order valence-corrected chi connectivity index (χ2v) is 3.60. The van der Waals surface area contributed by atoms with Crippen molar-refractivity contribution >= 4 is 17.4 Å². The Morgan fingerprint density at radius 1 is 1.19 bits per heavy atom. The molecule has 4 heteroatoms. The standard InChI is InChI=1S/C12H7ClFNO/c13-11-5-4-9(7-15-11)12(16)8-2-1-3-10(14)6-8/h1-7H. The molecule has 0 spiro atoms. The van der Waals surface area contributed by atoms with Gasteiger partial charge in [-0.1, -0.05) is 23.7 Å². The van der Waals surface area contributed by atoms with E-state index in [0.717, 1.165) is 0 Å². The van der Waals surface area contributed by atoms with Crippen molar-refractivity contribution in [3.8, 4) is 0 Å². The number of rotatable bonds is 2. The second-order valence-electron chi connectivity index (χ2n) is 3.21. The number of benzene rings is 1. The van der Waals surface area contributed by atoms with Crippen LogP contribution in [0.15, 0.2) is 42.6 Å². The molecule has 2 aromatic rings. The SMILES string of the molecule is O=C(c1ccc(Cl)nc1)c1cccc(F)c1. The zero-order chi connectivity index (χ0) is 11.5. The minimum absolute atomic E-state index is 0.274. The number of halogens is 2. The quantitative estimate of drug-likeness (QED) is 0.591. The third kappa shape index (κ3) is 2.25. The van der Waals surface area contributed by atoms with Crippen molar-refractivity contribution in [1.82, 2.24) is 4.98 Å². The lowest BCUT2D eigenvalue weighted by atomic mass is 10.1. The molecule has 1 aromatic heterocycles. The fourth-order valence-corrected chi connectivity index (χ4v) is 1.42. The first-order valence-corrected chi connectivity index (χ1v) is 4.96. The van der Waals surface area contributed by atoms with Crippen LogP contribution in [0.25, 0.3) is 0 Å². The zero-order valence-electron chi connectivity index (χ0n) is 8.15. The summed E-state index contributed by atoms with van der Waals surface area (Å²) < 4.78 is 12.9. The van der Waals surface area contributed by atoms with Gasteiger partial charge in [0.25, 0.3) is 0 Å². The second kappa shape index (κ2) is 4.41. The highest BCUT2D eigenvalue weighted by molar-refractivity contribution is 6.29. The van der Waals surface area contributed by atoms with Gasteiger partial charge in [0.2, 0.25) is 0 Å². The lowest BCUT2D eigenvalue weighted by molar-refractivity contribution is 0.103. The molecule has 0 unspecified atom stereocenters. The van der Waals surface area contributed by atoms with Crippen molar-refractivity contribution in [1.29, 1.82) is 0 Å². The molecule has 0 aliphatic rings. The highest BCUT2D eigenvalue weighted by Gasteiger charge is 2.09.